The topological polar surface area (TPSA) is 115 Å². The van der Waals surface area contributed by atoms with E-state index in [-0.39, 0.29) is 52.6 Å². The van der Waals surface area contributed by atoms with Crippen LogP contribution in [-0.4, -0.2) is 52.9 Å². The van der Waals surface area contributed by atoms with Gasteiger partial charge in [-0.15, -0.1) is 0 Å². The summed E-state index contributed by atoms with van der Waals surface area (Å²) in [5, 5.41) is 2.94. The molecule has 0 atom stereocenters. The Kier molecular flexibility index (Phi) is 8.41. The number of hydrogen-bond acceptors (Lipinski definition) is 7. The second kappa shape index (κ2) is 12.5. The third-order valence-corrected chi connectivity index (χ3v) is 8.82. The highest BCUT2D eigenvalue weighted by Crippen LogP contribution is 2.44. The molecule has 6 aromatic rings. The van der Waals surface area contributed by atoms with Gasteiger partial charge in [0.25, 0.3) is 5.91 Å². The van der Waals surface area contributed by atoms with Gasteiger partial charge in [-0.25, -0.2) is 22.2 Å². The van der Waals surface area contributed by atoms with E-state index < -0.39 is 34.2 Å². The number of nitrogens with one attached hydrogen (secondary N) is 1. The lowest BCUT2D eigenvalue weighted by atomic mass is 9.96. The molecule has 6 rings (SSSR count). The minimum absolute atomic E-state index is 0.0477. The van der Waals surface area contributed by atoms with Gasteiger partial charge in [-0.2, -0.15) is 0 Å². The lowest BCUT2D eigenvalue weighted by Crippen LogP contribution is -2.31. The molecule has 0 saturated carbocycles. The number of furan rings is 1. The first-order valence-electron chi connectivity index (χ1n) is 14.4. The van der Waals surface area contributed by atoms with Crippen LogP contribution >= 0.6 is 0 Å². The van der Waals surface area contributed by atoms with Crippen LogP contribution in [0.25, 0.3) is 56.0 Å². The number of methoxy groups -OCH3 is 1. The first-order chi connectivity index (χ1) is 22.5. The minimum Gasteiger partial charge on any atom is -0.496 e. The van der Waals surface area contributed by atoms with Gasteiger partial charge in [0.1, 0.15) is 28.4 Å². The normalized spacial score (nSPS) is 11.7. The number of halogens is 3. The Bertz CT molecular complexity index is 2250. The second-order valence-electron chi connectivity index (χ2n) is 10.7. The molecule has 0 fully saturated rings. The largest absolute Gasteiger partial charge is 0.496 e. The molecule has 0 aliphatic rings. The van der Waals surface area contributed by atoms with Gasteiger partial charge >= 0.3 is 0 Å². The highest BCUT2D eigenvalue weighted by molar-refractivity contribution is 7.92. The number of rotatable bonds is 10. The standard InChI is InChI=1S/C34H28F3N3O6S/c1-38-33(41)30-23-17-22(20-10-13-28(44-2)24(16-20)34-39-26-7-4-6-25(37)32(26)46-34)27(40(15-5-14-35)47(3,42)43)18-29(23)45-31(30)19-8-11-21(36)12-9-19/h4,6-13,16-18H,5,14-15H2,1-3H3,(H,38,41). The van der Waals surface area contributed by atoms with Gasteiger partial charge < -0.3 is 18.9 Å². The van der Waals surface area contributed by atoms with E-state index in [0.29, 0.717) is 33.4 Å². The highest BCUT2D eigenvalue weighted by Gasteiger charge is 2.28. The van der Waals surface area contributed by atoms with E-state index in [1.54, 1.807) is 30.3 Å². The number of hydrogen-bond donors (Lipinski definition) is 1. The van der Waals surface area contributed by atoms with Gasteiger partial charge in [-0.1, -0.05) is 12.1 Å². The van der Waals surface area contributed by atoms with Gasteiger partial charge in [0.15, 0.2) is 11.4 Å². The molecule has 0 aliphatic carbocycles. The van der Waals surface area contributed by atoms with Crippen LogP contribution in [0.1, 0.15) is 16.8 Å². The Hall–Kier alpha value is -5.30. The van der Waals surface area contributed by atoms with Crippen LogP contribution in [0.5, 0.6) is 5.75 Å². The molecule has 4 aromatic carbocycles. The summed E-state index contributed by atoms with van der Waals surface area (Å²) in [6.07, 6.45) is 0.920. The molecule has 2 heterocycles. The minimum atomic E-state index is -3.96. The predicted octanol–water partition coefficient (Wildman–Crippen LogP) is 7.35. The fourth-order valence-corrected chi connectivity index (χ4v) is 6.44. The Morgan fingerprint density at radius 1 is 0.979 bits per heavy atom. The fourth-order valence-electron chi connectivity index (χ4n) is 5.47. The third-order valence-electron chi connectivity index (χ3n) is 7.64. The second-order valence-corrected chi connectivity index (χ2v) is 12.6. The summed E-state index contributed by atoms with van der Waals surface area (Å²) in [6.45, 7) is -0.948. The summed E-state index contributed by atoms with van der Waals surface area (Å²) in [5.74, 6) is -1.04. The van der Waals surface area contributed by atoms with E-state index in [1.807, 2.05) is 0 Å². The van der Waals surface area contributed by atoms with Gasteiger partial charge in [-0.3, -0.25) is 13.5 Å². The van der Waals surface area contributed by atoms with E-state index in [2.05, 4.69) is 10.3 Å². The number of fused-ring (bicyclic) bond motifs is 2. The first kappa shape index (κ1) is 31.7. The van der Waals surface area contributed by atoms with E-state index in [4.69, 9.17) is 13.6 Å². The molecule has 0 bridgehead atoms. The van der Waals surface area contributed by atoms with Crippen molar-refractivity contribution in [3.05, 3.63) is 90.0 Å². The number of carbonyl (C=O) groups excluding carboxylic acids is 1. The molecule has 1 amide bonds. The van der Waals surface area contributed by atoms with Crippen LogP contribution < -0.4 is 14.4 Å². The van der Waals surface area contributed by atoms with Crippen molar-refractivity contribution in [1.29, 1.82) is 0 Å². The summed E-state index contributed by atoms with van der Waals surface area (Å²) in [7, 11) is -1.07. The number of alkyl halides is 1. The molecule has 47 heavy (non-hydrogen) atoms. The number of amides is 1. The van der Waals surface area contributed by atoms with Gasteiger partial charge in [-0.05, 0) is 66.6 Å². The van der Waals surface area contributed by atoms with Gasteiger partial charge in [0.05, 0.1) is 36.9 Å². The molecule has 0 aliphatic heterocycles. The number of carbonyl (C=O) groups is 1. The Morgan fingerprint density at radius 2 is 1.72 bits per heavy atom. The van der Waals surface area contributed by atoms with Crippen LogP contribution in [-0.2, 0) is 10.0 Å². The molecule has 0 unspecified atom stereocenters. The maximum absolute atomic E-state index is 14.5. The summed E-state index contributed by atoms with van der Waals surface area (Å²) < 4.78 is 86.6. The van der Waals surface area contributed by atoms with Crippen LogP contribution in [0.3, 0.4) is 0 Å². The lowest BCUT2D eigenvalue weighted by Gasteiger charge is -2.25. The van der Waals surface area contributed by atoms with Gasteiger partial charge in [0, 0.05) is 36.2 Å². The molecule has 0 saturated heterocycles. The van der Waals surface area contributed by atoms with Crippen LogP contribution in [0.4, 0.5) is 18.9 Å². The van der Waals surface area contributed by atoms with Crippen LogP contribution in [0.15, 0.2) is 81.6 Å². The predicted molar refractivity (Wildman–Crippen MR) is 173 cm³/mol. The van der Waals surface area contributed by atoms with Crippen molar-refractivity contribution >= 4 is 43.7 Å². The van der Waals surface area contributed by atoms with Crippen molar-refractivity contribution in [2.45, 2.75) is 6.42 Å². The summed E-state index contributed by atoms with van der Waals surface area (Å²) in [4.78, 5) is 17.7. The van der Waals surface area contributed by atoms with E-state index in [9.17, 15) is 26.4 Å². The lowest BCUT2D eigenvalue weighted by molar-refractivity contribution is 0.0964. The van der Waals surface area contributed by atoms with Crippen LogP contribution in [0, 0.1) is 11.6 Å². The zero-order chi connectivity index (χ0) is 33.5. The SMILES string of the molecule is CNC(=O)c1c(-c2ccc(F)cc2)oc2cc(N(CCCF)S(C)(=O)=O)c(-c3ccc(OC)c(-c4nc5cccc(F)c5o4)c3)cc12. The number of benzene rings is 4. The number of ether oxygens (including phenoxy) is 1. The summed E-state index contributed by atoms with van der Waals surface area (Å²) >= 11 is 0. The van der Waals surface area contributed by atoms with E-state index in [0.717, 1.165) is 10.6 Å². The zero-order valence-corrected chi connectivity index (χ0v) is 26.3. The Labute approximate surface area is 267 Å². The molecule has 0 radical (unpaired) electrons. The molecule has 13 heteroatoms. The zero-order valence-electron chi connectivity index (χ0n) is 25.4. The molecule has 2 aromatic heterocycles. The smallest absolute Gasteiger partial charge is 0.255 e. The first-order valence-corrected chi connectivity index (χ1v) is 16.2. The molecular weight excluding hydrogens is 635 g/mol. The van der Waals surface area contributed by atoms with Crippen molar-refractivity contribution in [3.63, 3.8) is 0 Å². The number of aromatic nitrogens is 1. The van der Waals surface area contributed by atoms with Crippen molar-refractivity contribution in [3.8, 4) is 39.7 Å². The number of anilines is 1. The Balaban J connectivity index is 1.66. The van der Waals surface area contributed by atoms with E-state index >= 15 is 0 Å². The molecule has 0 spiro atoms. The average Bonchev–Trinajstić information content (AvgIpc) is 3.66. The van der Waals surface area contributed by atoms with Crippen LogP contribution in [0.2, 0.25) is 0 Å². The Morgan fingerprint density at radius 3 is 2.38 bits per heavy atom. The maximum atomic E-state index is 14.5. The summed E-state index contributed by atoms with van der Waals surface area (Å²) in [6, 6.07) is 17.8. The number of para-hydroxylation sites is 1. The van der Waals surface area contributed by atoms with Crippen molar-refractivity contribution in [2.24, 2.45) is 0 Å². The van der Waals surface area contributed by atoms with Crippen molar-refractivity contribution < 1.29 is 40.0 Å². The van der Waals surface area contributed by atoms with Crippen molar-refractivity contribution in [1.82, 2.24) is 10.3 Å². The van der Waals surface area contributed by atoms with E-state index in [1.165, 1.54) is 56.6 Å². The average molecular weight is 664 g/mol. The van der Waals surface area contributed by atoms with Gasteiger partial charge in [0.2, 0.25) is 15.9 Å². The fraction of sp³-hybridized carbons (Fsp3) is 0.176. The molecule has 9 nitrogen and oxygen atoms in total. The van der Waals surface area contributed by atoms with Crippen molar-refractivity contribution in [2.75, 3.05) is 37.9 Å². The molecule has 1 N–H and O–H groups in total. The number of sulfonamides is 1. The highest BCUT2D eigenvalue weighted by atomic mass is 32.2. The number of oxazole rings is 1. The maximum Gasteiger partial charge on any atom is 0.255 e. The molecular formula is C34H28F3N3O6S. The quantitative estimate of drug-likeness (QED) is 0.163. The third kappa shape index (κ3) is 5.89. The summed E-state index contributed by atoms with van der Waals surface area (Å²) in [5.41, 5.74) is 2.23. The number of nitrogens with zero attached hydrogens (tertiary/aromatic N) is 2. The monoisotopic (exact) mass is 663 g/mol. The molecule has 242 valence electrons.